The Morgan fingerprint density at radius 3 is 2.74 bits per heavy atom. The van der Waals surface area contributed by atoms with E-state index in [2.05, 4.69) is 20.6 Å². The molecular weight excluding hydrogens is 268 g/mol. The highest BCUT2D eigenvalue weighted by Crippen LogP contribution is 2.14. The number of hydrogen-bond donors (Lipinski definition) is 3. The number of nitrogens with one attached hydrogen (secondary N) is 3. The Morgan fingerprint density at radius 1 is 1.47 bits per heavy atom. The van der Waals surface area contributed by atoms with Gasteiger partial charge in [0, 0.05) is 13.1 Å². The van der Waals surface area contributed by atoms with Gasteiger partial charge in [-0.1, -0.05) is 25.6 Å². The Morgan fingerprint density at radius 2 is 2.16 bits per heavy atom. The Bertz CT molecular complexity index is 527. The molecule has 0 atom stereocenters. The number of aromatic nitrogens is 2. The SMILES string of the molecule is CNC(=O)NC(=O)CSc1nc(C(C)C)cc(=O)[nH]1. The quantitative estimate of drug-likeness (QED) is 0.550. The number of amides is 3. The van der Waals surface area contributed by atoms with Crippen LogP contribution in [0.3, 0.4) is 0 Å². The highest BCUT2D eigenvalue weighted by Gasteiger charge is 2.09. The van der Waals surface area contributed by atoms with Crippen molar-refractivity contribution in [3.8, 4) is 0 Å². The Hall–Kier alpha value is -1.83. The predicted octanol–water partition coefficient (Wildman–Crippen LogP) is 0.441. The minimum atomic E-state index is -0.567. The molecule has 0 aliphatic rings. The van der Waals surface area contributed by atoms with Crippen molar-refractivity contribution in [3.63, 3.8) is 0 Å². The summed E-state index contributed by atoms with van der Waals surface area (Å²) in [5, 5.41) is 4.76. The third-order valence-corrected chi connectivity index (χ3v) is 3.02. The van der Waals surface area contributed by atoms with Crippen molar-refractivity contribution in [2.75, 3.05) is 12.8 Å². The van der Waals surface area contributed by atoms with E-state index in [0.717, 1.165) is 11.8 Å². The normalized spacial score (nSPS) is 10.3. The molecule has 0 aromatic carbocycles. The monoisotopic (exact) mass is 284 g/mol. The Kier molecular flexibility index (Phi) is 5.56. The molecule has 0 aliphatic heterocycles. The maximum Gasteiger partial charge on any atom is 0.321 e. The van der Waals surface area contributed by atoms with Crippen LogP contribution in [-0.4, -0.2) is 34.7 Å². The van der Waals surface area contributed by atoms with Gasteiger partial charge >= 0.3 is 6.03 Å². The van der Waals surface area contributed by atoms with Gasteiger partial charge in [-0.3, -0.25) is 14.9 Å². The second-order valence-corrected chi connectivity index (χ2v) is 5.01. The molecule has 7 nitrogen and oxygen atoms in total. The Labute approximate surface area is 114 Å². The van der Waals surface area contributed by atoms with Gasteiger partial charge in [0.05, 0.1) is 11.4 Å². The van der Waals surface area contributed by atoms with E-state index in [-0.39, 0.29) is 17.2 Å². The fourth-order valence-electron chi connectivity index (χ4n) is 1.18. The van der Waals surface area contributed by atoms with E-state index < -0.39 is 11.9 Å². The maximum absolute atomic E-state index is 11.4. The molecule has 0 spiro atoms. The highest BCUT2D eigenvalue weighted by atomic mass is 32.2. The van der Waals surface area contributed by atoms with E-state index in [1.54, 1.807) is 0 Å². The first-order valence-corrected chi connectivity index (χ1v) is 6.66. The van der Waals surface area contributed by atoms with Crippen LogP contribution in [0.1, 0.15) is 25.5 Å². The van der Waals surface area contributed by atoms with Gasteiger partial charge in [0.15, 0.2) is 5.16 Å². The molecule has 0 saturated carbocycles. The first-order chi connectivity index (χ1) is 8.92. The smallest absolute Gasteiger partial charge is 0.321 e. The number of nitrogens with zero attached hydrogens (tertiary/aromatic N) is 1. The zero-order chi connectivity index (χ0) is 14.4. The molecule has 1 aromatic heterocycles. The number of urea groups is 1. The molecular formula is C11H16N4O3S. The lowest BCUT2D eigenvalue weighted by molar-refractivity contribution is -0.117. The predicted molar refractivity (Wildman–Crippen MR) is 72.3 cm³/mol. The molecule has 8 heteroatoms. The number of carbonyl (C=O) groups excluding carboxylic acids is 2. The third-order valence-electron chi connectivity index (χ3n) is 2.15. The summed E-state index contributed by atoms with van der Waals surface area (Å²) in [4.78, 5) is 40.5. The summed E-state index contributed by atoms with van der Waals surface area (Å²) < 4.78 is 0. The molecule has 0 saturated heterocycles. The number of hydrogen-bond acceptors (Lipinski definition) is 5. The summed E-state index contributed by atoms with van der Waals surface area (Å²) in [5.41, 5.74) is 0.408. The largest absolute Gasteiger partial charge is 0.341 e. The lowest BCUT2D eigenvalue weighted by Gasteiger charge is -2.06. The molecule has 3 amide bonds. The van der Waals surface area contributed by atoms with Crippen molar-refractivity contribution in [3.05, 3.63) is 22.1 Å². The van der Waals surface area contributed by atoms with Gasteiger partial charge in [-0.05, 0) is 5.92 Å². The van der Waals surface area contributed by atoms with Crippen molar-refractivity contribution in [2.45, 2.75) is 24.9 Å². The summed E-state index contributed by atoms with van der Waals surface area (Å²) in [5.74, 6) is -0.332. The van der Waals surface area contributed by atoms with Crippen LogP contribution in [0, 0.1) is 0 Å². The van der Waals surface area contributed by atoms with Gasteiger partial charge in [0.25, 0.3) is 5.56 Å². The molecule has 0 unspecified atom stereocenters. The summed E-state index contributed by atoms with van der Waals surface area (Å²) in [6, 6.07) is 0.863. The molecule has 1 heterocycles. The third kappa shape index (κ3) is 5.12. The molecule has 3 N–H and O–H groups in total. The van der Waals surface area contributed by atoms with Crippen molar-refractivity contribution in [1.29, 1.82) is 0 Å². The fourth-order valence-corrected chi connectivity index (χ4v) is 1.86. The number of imide groups is 1. The van der Waals surface area contributed by atoms with Crippen molar-refractivity contribution >= 4 is 23.7 Å². The zero-order valence-electron chi connectivity index (χ0n) is 10.9. The molecule has 1 aromatic rings. The van der Waals surface area contributed by atoms with E-state index in [9.17, 15) is 14.4 Å². The Balaban J connectivity index is 2.65. The van der Waals surface area contributed by atoms with E-state index in [1.807, 2.05) is 13.8 Å². The minimum absolute atomic E-state index is 0.00207. The fraction of sp³-hybridized carbons (Fsp3) is 0.455. The van der Waals surface area contributed by atoms with Gasteiger partial charge < -0.3 is 10.3 Å². The lowest BCUT2D eigenvalue weighted by Crippen LogP contribution is -2.38. The van der Waals surface area contributed by atoms with E-state index in [1.165, 1.54) is 13.1 Å². The van der Waals surface area contributed by atoms with Gasteiger partial charge in [-0.2, -0.15) is 0 Å². The standard InChI is InChI=1S/C11H16N4O3S/c1-6(2)7-4-8(16)15-11(13-7)19-5-9(17)14-10(18)12-3/h4,6H,5H2,1-3H3,(H,13,15,16)(H2,12,14,17,18). The highest BCUT2D eigenvalue weighted by molar-refractivity contribution is 7.99. The van der Waals surface area contributed by atoms with Crippen molar-refractivity contribution in [1.82, 2.24) is 20.6 Å². The molecule has 0 bridgehead atoms. The van der Waals surface area contributed by atoms with E-state index in [4.69, 9.17) is 0 Å². The van der Waals surface area contributed by atoms with Crippen molar-refractivity contribution < 1.29 is 9.59 Å². The molecule has 0 radical (unpaired) electrons. The average Bonchev–Trinajstić information content (AvgIpc) is 2.35. The number of aromatic amines is 1. The average molecular weight is 284 g/mol. The van der Waals surface area contributed by atoms with E-state index >= 15 is 0 Å². The summed E-state index contributed by atoms with van der Waals surface area (Å²) in [7, 11) is 1.42. The topological polar surface area (TPSA) is 104 Å². The van der Waals surface area contributed by atoms with Crippen LogP contribution in [0.15, 0.2) is 16.0 Å². The number of thioether (sulfide) groups is 1. The van der Waals surface area contributed by atoms with Crippen LogP contribution < -0.4 is 16.2 Å². The molecule has 1 rings (SSSR count). The van der Waals surface area contributed by atoms with Crippen LogP contribution in [0.4, 0.5) is 4.79 Å². The van der Waals surface area contributed by atoms with Crippen LogP contribution in [0.25, 0.3) is 0 Å². The van der Waals surface area contributed by atoms with Crippen LogP contribution in [0.5, 0.6) is 0 Å². The van der Waals surface area contributed by atoms with Crippen LogP contribution in [-0.2, 0) is 4.79 Å². The summed E-state index contributed by atoms with van der Waals surface area (Å²) >= 11 is 1.07. The maximum atomic E-state index is 11.4. The minimum Gasteiger partial charge on any atom is -0.341 e. The number of rotatable bonds is 4. The van der Waals surface area contributed by atoms with Gasteiger partial charge in [0.1, 0.15) is 0 Å². The first kappa shape index (κ1) is 15.2. The van der Waals surface area contributed by atoms with Gasteiger partial charge in [-0.15, -0.1) is 0 Å². The second kappa shape index (κ2) is 6.93. The number of H-pyrrole nitrogens is 1. The second-order valence-electron chi connectivity index (χ2n) is 4.05. The lowest BCUT2D eigenvalue weighted by atomic mass is 10.1. The summed E-state index contributed by atoms with van der Waals surface area (Å²) in [6.45, 7) is 3.85. The first-order valence-electron chi connectivity index (χ1n) is 5.68. The molecule has 104 valence electrons. The number of carbonyl (C=O) groups is 2. The van der Waals surface area contributed by atoms with E-state index in [0.29, 0.717) is 10.9 Å². The van der Waals surface area contributed by atoms with Crippen LogP contribution >= 0.6 is 11.8 Å². The molecule has 19 heavy (non-hydrogen) atoms. The van der Waals surface area contributed by atoms with Gasteiger partial charge in [0.2, 0.25) is 5.91 Å². The zero-order valence-corrected chi connectivity index (χ0v) is 11.8. The van der Waals surface area contributed by atoms with Crippen LogP contribution in [0.2, 0.25) is 0 Å². The van der Waals surface area contributed by atoms with Gasteiger partial charge in [-0.25, -0.2) is 9.78 Å². The van der Waals surface area contributed by atoms with Crippen molar-refractivity contribution in [2.24, 2.45) is 0 Å². The molecule has 0 aliphatic carbocycles. The summed E-state index contributed by atoms with van der Waals surface area (Å²) in [6.07, 6.45) is 0. The molecule has 0 fully saturated rings.